The molecule has 0 heterocycles. The Morgan fingerprint density at radius 2 is 1.18 bits per heavy atom. The maximum atomic E-state index is 10.2. The average molecular weight is 573 g/mol. The van der Waals surface area contributed by atoms with Crippen molar-refractivity contribution in [2.45, 2.75) is 70.3 Å². The number of hydrogen-bond donors (Lipinski definition) is 14. The van der Waals surface area contributed by atoms with Crippen LogP contribution in [0.2, 0.25) is 0 Å². The number of guanidine groups is 1. The molecule has 5 atom stereocenters. The Bertz CT molecular complexity index is 752. The van der Waals surface area contributed by atoms with Gasteiger partial charge in [-0.05, 0) is 33.1 Å². The fraction of sp³-hybridized carbons (Fsp3) is 0.600. The Morgan fingerprint density at radius 3 is 1.31 bits per heavy atom. The number of nitrogens with one attached hydrogen (secondary N) is 2. The summed E-state index contributed by atoms with van der Waals surface area (Å²) in [6, 6.07) is -3.39. The molecule has 39 heavy (non-hydrogen) atoms. The van der Waals surface area contributed by atoms with Crippen LogP contribution in [0.25, 0.3) is 0 Å². The van der Waals surface area contributed by atoms with E-state index in [1.807, 2.05) is 0 Å². The molecule has 0 rings (SSSR count). The third-order valence-electron chi connectivity index (χ3n) is 3.55. The molecule has 5 unspecified atom stereocenters. The molecule has 20 N–H and O–H groups in total. The van der Waals surface area contributed by atoms with Crippen LogP contribution < -0.4 is 39.7 Å². The van der Waals surface area contributed by atoms with Gasteiger partial charge in [-0.2, -0.15) is 0 Å². The first-order valence-corrected chi connectivity index (χ1v) is 10.9. The molecule has 0 aliphatic rings. The number of nitrogens with two attached hydrogens (primary N) is 6. The Hall–Kier alpha value is -4.04. The predicted octanol–water partition coefficient (Wildman–Crippen LogP) is -3.79. The SMILES string of the molecule is C=C(N)C(=O)O.CC(N)C(=O)O.CC(O)C(N)C(=O)O.CCC(N)C(=O)O.N=C(N)NCCCC(N)C(=O)O. The van der Waals surface area contributed by atoms with E-state index in [9.17, 15) is 24.0 Å². The molecule has 19 heteroatoms. The zero-order valence-electron chi connectivity index (χ0n) is 22.1. The molecule has 0 saturated carbocycles. The van der Waals surface area contributed by atoms with Crippen LogP contribution in [-0.2, 0) is 24.0 Å². The maximum Gasteiger partial charge on any atom is 0.351 e. The molecule has 0 spiro atoms. The summed E-state index contributed by atoms with van der Waals surface area (Å²) in [4.78, 5) is 48.9. The first kappa shape index (κ1) is 44.9. The Morgan fingerprint density at radius 1 is 0.821 bits per heavy atom. The molecule has 0 radical (unpaired) electrons. The number of hydrogen-bond acceptors (Lipinski definition) is 12. The summed E-state index contributed by atoms with van der Waals surface area (Å²) in [5.41, 5.74) is 29.3. The quantitative estimate of drug-likeness (QED) is 0.0488. The Labute approximate surface area is 225 Å². The van der Waals surface area contributed by atoms with Crippen molar-refractivity contribution in [3.63, 3.8) is 0 Å². The van der Waals surface area contributed by atoms with E-state index in [0.717, 1.165) is 0 Å². The van der Waals surface area contributed by atoms with Crippen LogP contribution >= 0.6 is 0 Å². The van der Waals surface area contributed by atoms with E-state index in [1.165, 1.54) is 13.8 Å². The van der Waals surface area contributed by atoms with Crippen molar-refractivity contribution >= 4 is 35.8 Å². The van der Waals surface area contributed by atoms with Crippen molar-refractivity contribution in [1.29, 1.82) is 5.41 Å². The van der Waals surface area contributed by atoms with Gasteiger partial charge in [0.1, 0.15) is 29.9 Å². The van der Waals surface area contributed by atoms with Gasteiger partial charge in [-0.3, -0.25) is 24.6 Å². The van der Waals surface area contributed by atoms with Crippen molar-refractivity contribution in [2.24, 2.45) is 34.4 Å². The molecule has 0 aromatic heterocycles. The maximum absolute atomic E-state index is 10.2. The lowest BCUT2D eigenvalue weighted by Crippen LogP contribution is -2.39. The van der Waals surface area contributed by atoms with Crippen LogP contribution in [-0.4, -0.2) is 103 Å². The van der Waals surface area contributed by atoms with Gasteiger partial charge in [0.2, 0.25) is 0 Å². The fourth-order valence-corrected chi connectivity index (χ4v) is 1.05. The highest BCUT2D eigenvalue weighted by Crippen LogP contribution is 1.92. The summed E-state index contributed by atoms with van der Waals surface area (Å²) in [7, 11) is 0. The topological polar surface area (TPSA) is 399 Å². The predicted molar refractivity (Wildman–Crippen MR) is 140 cm³/mol. The van der Waals surface area contributed by atoms with Gasteiger partial charge in [0, 0.05) is 6.54 Å². The minimum Gasteiger partial charge on any atom is -0.480 e. The zero-order chi connectivity index (χ0) is 32.5. The van der Waals surface area contributed by atoms with Gasteiger partial charge in [0.05, 0.1) is 6.10 Å². The summed E-state index contributed by atoms with van der Waals surface area (Å²) in [6.07, 6.45) is 0.491. The third kappa shape index (κ3) is 41.4. The second-order valence-electron chi connectivity index (χ2n) is 7.34. The molecule has 0 amide bonds. The van der Waals surface area contributed by atoms with E-state index in [2.05, 4.69) is 17.6 Å². The summed E-state index contributed by atoms with van der Waals surface area (Å²) < 4.78 is 0. The molecular weight excluding hydrogens is 528 g/mol. The van der Waals surface area contributed by atoms with Crippen LogP contribution in [0.1, 0.15) is 40.0 Å². The first-order chi connectivity index (χ1) is 17.6. The van der Waals surface area contributed by atoms with E-state index >= 15 is 0 Å². The van der Waals surface area contributed by atoms with Gasteiger partial charge in [-0.1, -0.05) is 13.5 Å². The molecule has 19 nitrogen and oxygen atoms in total. The number of rotatable bonds is 11. The first-order valence-electron chi connectivity index (χ1n) is 10.9. The normalized spacial score (nSPS) is 12.9. The van der Waals surface area contributed by atoms with Gasteiger partial charge in [-0.25, -0.2) is 4.79 Å². The Balaban J connectivity index is -0.000000127. The van der Waals surface area contributed by atoms with E-state index in [1.54, 1.807) is 6.92 Å². The average Bonchev–Trinajstić information content (AvgIpc) is 2.81. The number of carboxylic acid groups (broad SMARTS) is 5. The van der Waals surface area contributed by atoms with Gasteiger partial charge >= 0.3 is 29.8 Å². The number of aliphatic hydroxyl groups excluding tert-OH is 1. The van der Waals surface area contributed by atoms with Gasteiger partial charge in [0.25, 0.3) is 0 Å². The van der Waals surface area contributed by atoms with Crippen LogP contribution in [0.4, 0.5) is 0 Å². The van der Waals surface area contributed by atoms with Crippen LogP contribution in [0.15, 0.2) is 12.3 Å². The minimum atomic E-state index is -1.18. The van der Waals surface area contributed by atoms with Crippen molar-refractivity contribution < 1.29 is 54.6 Å². The summed E-state index contributed by atoms with van der Waals surface area (Å²) in [5.74, 6) is -5.34. The van der Waals surface area contributed by atoms with Gasteiger partial charge < -0.3 is 70.4 Å². The minimum absolute atomic E-state index is 0.112. The lowest BCUT2D eigenvalue weighted by atomic mass is 10.2. The van der Waals surface area contributed by atoms with Crippen LogP contribution in [0, 0.1) is 5.41 Å². The highest BCUT2D eigenvalue weighted by Gasteiger charge is 2.16. The van der Waals surface area contributed by atoms with Crippen molar-refractivity contribution in [1.82, 2.24) is 5.32 Å². The molecular formula is C20H44N8O11. The highest BCUT2D eigenvalue weighted by atomic mass is 16.4. The van der Waals surface area contributed by atoms with Crippen molar-refractivity contribution in [3.05, 3.63) is 12.3 Å². The van der Waals surface area contributed by atoms with E-state index in [0.29, 0.717) is 25.8 Å². The molecule has 0 aliphatic carbocycles. The lowest BCUT2D eigenvalue weighted by Gasteiger charge is -2.06. The lowest BCUT2D eigenvalue weighted by molar-refractivity contribution is -0.141. The van der Waals surface area contributed by atoms with Crippen LogP contribution in [0.3, 0.4) is 0 Å². The monoisotopic (exact) mass is 572 g/mol. The highest BCUT2D eigenvalue weighted by molar-refractivity contribution is 5.84. The molecule has 0 saturated heterocycles. The fourth-order valence-electron chi connectivity index (χ4n) is 1.05. The molecule has 0 bridgehead atoms. The third-order valence-corrected chi connectivity index (χ3v) is 3.55. The number of carbonyl (C=O) groups is 5. The molecule has 0 aliphatic heterocycles. The molecule has 0 aromatic carbocycles. The van der Waals surface area contributed by atoms with E-state index in [4.69, 9.17) is 64.7 Å². The standard InChI is InChI=1S/C6H14N4O2.C4H9NO3.C4H9NO2.C3H7NO2.C3H5NO2/c7-4(5(11)12)2-1-3-10-6(8)9;1-2(6)3(5)4(7)8;1-2-3(5)4(6)7;2*1-2(4)3(5)6/h4H,1-3,7H2,(H,11,12)(H4,8,9,10);2-3,6H,5H2,1H3,(H,7,8);3H,2,5H2,1H3,(H,6,7);2H,4H2,1H3,(H,5,6);1,4H2,(H,5,6). The second kappa shape index (κ2) is 27.0. The second-order valence-corrected chi connectivity index (χ2v) is 7.34. The van der Waals surface area contributed by atoms with Gasteiger partial charge in [-0.15, -0.1) is 0 Å². The smallest absolute Gasteiger partial charge is 0.351 e. The largest absolute Gasteiger partial charge is 0.480 e. The van der Waals surface area contributed by atoms with Crippen molar-refractivity contribution in [2.75, 3.05) is 6.54 Å². The molecule has 0 fully saturated rings. The van der Waals surface area contributed by atoms with E-state index in [-0.39, 0.29) is 11.7 Å². The van der Waals surface area contributed by atoms with Crippen molar-refractivity contribution in [3.8, 4) is 0 Å². The summed E-state index contributed by atoms with van der Waals surface area (Å²) in [6.45, 7) is 7.90. The Kier molecular flexibility index (Phi) is 31.1. The van der Waals surface area contributed by atoms with E-state index < -0.39 is 60.1 Å². The molecule has 230 valence electrons. The van der Waals surface area contributed by atoms with Gasteiger partial charge in [0.15, 0.2) is 5.96 Å². The summed E-state index contributed by atoms with van der Waals surface area (Å²) >= 11 is 0. The summed E-state index contributed by atoms with van der Waals surface area (Å²) in [5, 5.41) is 58.0. The van der Waals surface area contributed by atoms with Crippen LogP contribution in [0.5, 0.6) is 0 Å². The number of aliphatic carboxylic acids is 5. The number of carboxylic acids is 5. The number of aliphatic hydroxyl groups is 1. The zero-order valence-corrected chi connectivity index (χ0v) is 22.1. The molecule has 0 aromatic rings.